The molecular formula is C8H8Cl2N2. The molecule has 2 rings (SSSR count). The summed E-state index contributed by atoms with van der Waals surface area (Å²) in [5.74, 6) is 0.387. The molecule has 2 atom stereocenters. The second-order valence-corrected chi connectivity index (χ2v) is 3.83. The molecule has 64 valence electrons. The average Bonchev–Trinajstić information content (AvgIpc) is 2.73. The largest absolute Gasteiger partial charge is 0.327 e. The van der Waals surface area contributed by atoms with Crippen molar-refractivity contribution in [2.24, 2.45) is 5.73 Å². The molecule has 0 radical (unpaired) electrons. The van der Waals surface area contributed by atoms with Crippen LogP contribution in [0.25, 0.3) is 0 Å². The van der Waals surface area contributed by atoms with Gasteiger partial charge < -0.3 is 5.73 Å². The van der Waals surface area contributed by atoms with Gasteiger partial charge in [0.25, 0.3) is 0 Å². The predicted octanol–water partition coefficient (Wildman–Crippen LogP) is 2.20. The van der Waals surface area contributed by atoms with Gasteiger partial charge in [0.2, 0.25) is 0 Å². The Labute approximate surface area is 80.7 Å². The summed E-state index contributed by atoms with van der Waals surface area (Å²) >= 11 is 11.6. The van der Waals surface area contributed by atoms with Crippen molar-refractivity contribution in [2.75, 3.05) is 0 Å². The summed E-state index contributed by atoms with van der Waals surface area (Å²) in [7, 11) is 0. The molecule has 1 heterocycles. The van der Waals surface area contributed by atoms with Crippen LogP contribution in [0.4, 0.5) is 0 Å². The third-order valence-electron chi connectivity index (χ3n) is 2.09. The lowest BCUT2D eigenvalue weighted by atomic mass is 10.2. The van der Waals surface area contributed by atoms with Gasteiger partial charge in [-0.05, 0) is 18.1 Å². The summed E-state index contributed by atoms with van der Waals surface area (Å²) in [6.45, 7) is 0. The number of rotatable bonds is 1. The van der Waals surface area contributed by atoms with Gasteiger partial charge in [0.05, 0.1) is 5.02 Å². The first-order valence-electron chi connectivity index (χ1n) is 3.75. The van der Waals surface area contributed by atoms with E-state index < -0.39 is 0 Å². The summed E-state index contributed by atoms with van der Waals surface area (Å²) < 4.78 is 0. The third kappa shape index (κ3) is 1.42. The minimum atomic E-state index is 0.251. The van der Waals surface area contributed by atoms with Crippen molar-refractivity contribution in [1.82, 2.24) is 4.98 Å². The molecule has 12 heavy (non-hydrogen) atoms. The molecule has 0 aromatic carbocycles. The molecule has 4 heteroatoms. The van der Waals surface area contributed by atoms with Crippen molar-refractivity contribution >= 4 is 23.2 Å². The molecule has 2 unspecified atom stereocenters. The molecule has 0 aliphatic heterocycles. The highest BCUT2D eigenvalue weighted by Gasteiger charge is 2.36. The first kappa shape index (κ1) is 8.30. The molecule has 0 amide bonds. The van der Waals surface area contributed by atoms with Crippen molar-refractivity contribution in [2.45, 2.75) is 18.4 Å². The molecule has 1 aromatic rings. The van der Waals surface area contributed by atoms with Gasteiger partial charge in [0.1, 0.15) is 5.15 Å². The Bertz CT molecular complexity index is 314. The lowest BCUT2D eigenvalue weighted by Gasteiger charge is -2.01. The quantitative estimate of drug-likeness (QED) is 0.710. The molecule has 1 fully saturated rings. The molecule has 0 bridgehead atoms. The van der Waals surface area contributed by atoms with E-state index in [2.05, 4.69) is 4.98 Å². The van der Waals surface area contributed by atoms with Gasteiger partial charge in [0.15, 0.2) is 0 Å². The van der Waals surface area contributed by atoms with Crippen LogP contribution in [0.1, 0.15) is 17.9 Å². The Morgan fingerprint density at radius 2 is 2.17 bits per heavy atom. The zero-order valence-electron chi connectivity index (χ0n) is 6.30. The molecule has 0 spiro atoms. The van der Waals surface area contributed by atoms with Crippen LogP contribution >= 0.6 is 23.2 Å². The fourth-order valence-corrected chi connectivity index (χ4v) is 1.69. The predicted molar refractivity (Wildman–Crippen MR) is 49.6 cm³/mol. The van der Waals surface area contributed by atoms with Gasteiger partial charge in [-0.15, -0.1) is 0 Å². The monoisotopic (exact) mass is 202 g/mol. The maximum atomic E-state index is 5.92. The molecule has 1 aliphatic rings. The normalized spacial score (nSPS) is 27.2. The SMILES string of the molecule is NC1CC1c1cc(Cl)ncc1Cl. The fourth-order valence-electron chi connectivity index (χ4n) is 1.28. The second-order valence-electron chi connectivity index (χ2n) is 3.03. The van der Waals surface area contributed by atoms with Crippen LogP contribution < -0.4 is 5.73 Å². The summed E-state index contributed by atoms with van der Waals surface area (Å²) in [6.07, 6.45) is 2.57. The van der Waals surface area contributed by atoms with Crippen molar-refractivity contribution < 1.29 is 0 Å². The summed E-state index contributed by atoms with van der Waals surface area (Å²) in [5, 5.41) is 1.14. The van der Waals surface area contributed by atoms with Crippen molar-refractivity contribution in [3.63, 3.8) is 0 Å². The smallest absolute Gasteiger partial charge is 0.129 e. The Balaban J connectivity index is 2.36. The summed E-state index contributed by atoms with van der Waals surface area (Å²) in [6, 6.07) is 2.04. The maximum Gasteiger partial charge on any atom is 0.129 e. The topological polar surface area (TPSA) is 38.9 Å². The Morgan fingerprint density at radius 1 is 1.50 bits per heavy atom. The molecule has 1 aromatic heterocycles. The number of halogens is 2. The summed E-state index contributed by atoms with van der Waals surface area (Å²) in [4.78, 5) is 3.87. The fraction of sp³-hybridized carbons (Fsp3) is 0.375. The minimum Gasteiger partial charge on any atom is -0.327 e. The molecule has 0 saturated heterocycles. The zero-order valence-corrected chi connectivity index (χ0v) is 7.81. The molecular weight excluding hydrogens is 195 g/mol. The van der Waals surface area contributed by atoms with E-state index in [0.717, 1.165) is 12.0 Å². The van der Waals surface area contributed by atoms with E-state index in [0.29, 0.717) is 16.1 Å². The van der Waals surface area contributed by atoms with Crippen LogP contribution in [0.3, 0.4) is 0 Å². The lowest BCUT2D eigenvalue weighted by molar-refractivity contribution is 0.986. The number of nitrogens with zero attached hydrogens (tertiary/aromatic N) is 1. The number of pyridine rings is 1. The Morgan fingerprint density at radius 3 is 2.75 bits per heavy atom. The standard InChI is InChI=1S/C8H8Cl2N2/c9-6-3-12-8(10)2-4(6)5-1-7(5)11/h2-3,5,7H,1,11H2. The highest BCUT2D eigenvalue weighted by Crippen LogP contribution is 2.42. The van der Waals surface area contributed by atoms with E-state index in [-0.39, 0.29) is 6.04 Å². The number of hydrogen-bond donors (Lipinski definition) is 1. The van der Waals surface area contributed by atoms with Gasteiger partial charge >= 0.3 is 0 Å². The first-order valence-corrected chi connectivity index (χ1v) is 4.50. The van der Waals surface area contributed by atoms with Crippen LogP contribution in [0.15, 0.2) is 12.3 Å². The molecule has 2 N–H and O–H groups in total. The van der Waals surface area contributed by atoms with Crippen LogP contribution in [0.5, 0.6) is 0 Å². The van der Waals surface area contributed by atoms with Gasteiger partial charge in [-0.2, -0.15) is 0 Å². The minimum absolute atomic E-state index is 0.251. The average molecular weight is 203 g/mol. The lowest BCUT2D eigenvalue weighted by Crippen LogP contribution is -2.01. The van der Waals surface area contributed by atoms with Crippen LogP contribution in [0, 0.1) is 0 Å². The van der Waals surface area contributed by atoms with Crippen LogP contribution in [-0.4, -0.2) is 11.0 Å². The van der Waals surface area contributed by atoms with E-state index in [1.54, 1.807) is 12.3 Å². The summed E-state index contributed by atoms with van der Waals surface area (Å²) in [5.41, 5.74) is 6.73. The molecule has 1 saturated carbocycles. The van der Waals surface area contributed by atoms with Crippen molar-refractivity contribution in [1.29, 1.82) is 0 Å². The van der Waals surface area contributed by atoms with Crippen molar-refractivity contribution in [3.8, 4) is 0 Å². The van der Waals surface area contributed by atoms with E-state index in [9.17, 15) is 0 Å². The van der Waals surface area contributed by atoms with Gasteiger partial charge in [0, 0.05) is 18.2 Å². The van der Waals surface area contributed by atoms with E-state index in [1.165, 1.54) is 0 Å². The maximum absolute atomic E-state index is 5.92. The Kier molecular flexibility index (Phi) is 1.99. The first-order chi connectivity index (χ1) is 5.68. The number of hydrogen-bond acceptors (Lipinski definition) is 2. The molecule has 1 aliphatic carbocycles. The third-order valence-corrected chi connectivity index (χ3v) is 2.61. The van der Waals surface area contributed by atoms with Crippen LogP contribution in [-0.2, 0) is 0 Å². The highest BCUT2D eigenvalue weighted by molar-refractivity contribution is 6.32. The highest BCUT2D eigenvalue weighted by atomic mass is 35.5. The molecule has 2 nitrogen and oxygen atoms in total. The van der Waals surface area contributed by atoms with Crippen molar-refractivity contribution in [3.05, 3.63) is 28.0 Å². The van der Waals surface area contributed by atoms with Gasteiger partial charge in [-0.3, -0.25) is 0 Å². The zero-order chi connectivity index (χ0) is 8.72. The van der Waals surface area contributed by atoms with Gasteiger partial charge in [-0.1, -0.05) is 23.2 Å². The van der Waals surface area contributed by atoms with E-state index in [4.69, 9.17) is 28.9 Å². The number of aromatic nitrogens is 1. The second kappa shape index (κ2) is 2.87. The number of nitrogens with two attached hydrogens (primary N) is 1. The van der Waals surface area contributed by atoms with Gasteiger partial charge in [-0.25, -0.2) is 4.98 Å². The van der Waals surface area contributed by atoms with Crippen LogP contribution in [0.2, 0.25) is 10.2 Å². The van der Waals surface area contributed by atoms with E-state index in [1.807, 2.05) is 0 Å². The Hall–Kier alpha value is -0.310. The van der Waals surface area contributed by atoms with E-state index >= 15 is 0 Å².